The minimum atomic E-state index is -3.93. The second kappa shape index (κ2) is 11.3. The Balaban J connectivity index is 1.99. The van der Waals surface area contributed by atoms with Crippen LogP contribution in [-0.4, -0.2) is 40.9 Å². The van der Waals surface area contributed by atoms with Crippen molar-refractivity contribution in [2.75, 3.05) is 0 Å². The van der Waals surface area contributed by atoms with Crippen molar-refractivity contribution in [3.63, 3.8) is 0 Å². The Morgan fingerprint density at radius 1 is 0.524 bits per heavy atom. The van der Waals surface area contributed by atoms with E-state index in [-0.39, 0.29) is 9.79 Å². The smallest absolute Gasteiger partial charge is 0.247 e. The lowest BCUT2D eigenvalue weighted by molar-refractivity contribution is 0.585. The highest BCUT2D eigenvalue weighted by atomic mass is 32.2. The van der Waals surface area contributed by atoms with Gasteiger partial charge in [-0.2, -0.15) is 0 Å². The average molecular weight is 633 g/mol. The van der Waals surface area contributed by atoms with Gasteiger partial charge >= 0.3 is 0 Å². The normalized spacial score (nSPS) is 12.3. The second-order valence-electron chi connectivity index (χ2n) is 12.5. The maximum atomic E-state index is 13.7. The minimum absolute atomic E-state index is 0.151. The van der Waals surface area contributed by atoms with Crippen LogP contribution < -0.4 is 0 Å². The van der Waals surface area contributed by atoms with Crippen LogP contribution in [0.3, 0.4) is 0 Å². The summed E-state index contributed by atoms with van der Waals surface area (Å²) in [4.78, 5) is 0.301. The van der Waals surface area contributed by atoms with Crippen LogP contribution in [0.2, 0.25) is 39.3 Å². The van der Waals surface area contributed by atoms with Gasteiger partial charge < -0.3 is 0 Å². The molecule has 0 radical (unpaired) electrons. The molecule has 0 amide bonds. The summed E-state index contributed by atoms with van der Waals surface area (Å²) in [6.07, 6.45) is 6.06. The molecule has 2 aromatic heterocycles. The largest absolute Gasteiger partial charge is 0.267 e. The quantitative estimate of drug-likeness (QED) is 0.186. The van der Waals surface area contributed by atoms with Crippen molar-refractivity contribution >= 4 is 36.2 Å². The summed E-state index contributed by atoms with van der Waals surface area (Å²) in [7, 11) is -11.5. The fraction of sp³-hybridized carbons (Fsp3) is 0.250. The predicted molar refractivity (Wildman–Crippen MR) is 176 cm³/mol. The molecule has 0 atom stereocenters. The zero-order valence-corrected chi connectivity index (χ0v) is 28.9. The number of aryl methyl sites for hydroxylation is 2. The van der Waals surface area contributed by atoms with Gasteiger partial charge in [0.2, 0.25) is 0 Å². The highest BCUT2D eigenvalue weighted by Gasteiger charge is 2.25. The van der Waals surface area contributed by atoms with Crippen molar-refractivity contribution in [1.29, 1.82) is 0 Å². The molecule has 0 N–H and O–H groups in total. The highest BCUT2D eigenvalue weighted by Crippen LogP contribution is 2.32. The maximum Gasteiger partial charge on any atom is 0.267 e. The number of aromatic nitrogens is 2. The summed E-state index contributed by atoms with van der Waals surface area (Å²) in [5.41, 5.74) is 10.6. The Morgan fingerprint density at radius 2 is 0.833 bits per heavy atom. The Kier molecular flexibility index (Phi) is 8.42. The molecule has 0 saturated heterocycles. The van der Waals surface area contributed by atoms with Crippen molar-refractivity contribution in [2.24, 2.45) is 0 Å². The van der Waals surface area contributed by atoms with E-state index in [0.29, 0.717) is 22.3 Å². The molecular formula is C32H36N2O4S2Si2. The molecule has 2 heterocycles. The fourth-order valence-corrected chi connectivity index (χ4v) is 7.38. The summed E-state index contributed by atoms with van der Waals surface area (Å²) in [6.45, 7) is 16.4. The molecule has 0 aliphatic heterocycles. The number of rotatable bonds is 5. The monoisotopic (exact) mass is 632 g/mol. The van der Waals surface area contributed by atoms with Crippen molar-refractivity contribution in [3.05, 3.63) is 95.6 Å². The van der Waals surface area contributed by atoms with Crippen LogP contribution in [0.5, 0.6) is 0 Å². The number of hydrogen-bond donors (Lipinski definition) is 0. The third-order valence-electron chi connectivity index (χ3n) is 6.23. The molecule has 6 nitrogen and oxygen atoms in total. The van der Waals surface area contributed by atoms with Crippen molar-refractivity contribution in [1.82, 2.24) is 7.94 Å². The van der Waals surface area contributed by atoms with Crippen LogP contribution in [0.1, 0.15) is 22.3 Å². The summed E-state index contributed by atoms with van der Waals surface area (Å²) < 4.78 is 57.0. The maximum absolute atomic E-state index is 13.7. The van der Waals surface area contributed by atoms with Gasteiger partial charge in [0.05, 0.1) is 20.9 Å². The Bertz CT molecular complexity index is 1840. The van der Waals surface area contributed by atoms with Gasteiger partial charge in [0.25, 0.3) is 20.0 Å². The second-order valence-corrected chi connectivity index (χ2v) is 25.7. The molecule has 2 aromatic carbocycles. The molecule has 42 heavy (non-hydrogen) atoms. The highest BCUT2D eigenvalue weighted by molar-refractivity contribution is 7.90. The van der Waals surface area contributed by atoms with E-state index in [1.807, 2.05) is 13.8 Å². The average Bonchev–Trinajstić information content (AvgIpc) is 3.51. The lowest BCUT2D eigenvalue weighted by atomic mass is 10.0. The molecular weight excluding hydrogens is 597 g/mol. The molecule has 0 bridgehead atoms. The van der Waals surface area contributed by atoms with Crippen LogP contribution in [0, 0.1) is 36.8 Å². The molecule has 0 unspecified atom stereocenters. The molecule has 4 aromatic rings. The van der Waals surface area contributed by atoms with Gasteiger partial charge in [-0.25, -0.2) is 24.8 Å². The lowest BCUT2D eigenvalue weighted by Gasteiger charge is -2.06. The summed E-state index contributed by atoms with van der Waals surface area (Å²) in [5.74, 6) is 6.44. The lowest BCUT2D eigenvalue weighted by Crippen LogP contribution is -2.16. The van der Waals surface area contributed by atoms with E-state index in [0.717, 1.165) is 11.1 Å². The van der Waals surface area contributed by atoms with E-state index in [2.05, 4.69) is 62.2 Å². The topological polar surface area (TPSA) is 78.1 Å². The van der Waals surface area contributed by atoms with Crippen LogP contribution in [0.25, 0.3) is 11.1 Å². The molecule has 4 rings (SSSR count). The summed E-state index contributed by atoms with van der Waals surface area (Å²) >= 11 is 0. The fourth-order valence-electron chi connectivity index (χ4n) is 3.94. The van der Waals surface area contributed by atoms with Gasteiger partial charge in [0, 0.05) is 35.9 Å². The van der Waals surface area contributed by atoms with Crippen LogP contribution in [0.4, 0.5) is 0 Å². The number of hydrogen-bond acceptors (Lipinski definition) is 4. The van der Waals surface area contributed by atoms with E-state index in [9.17, 15) is 16.8 Å². The predicted octanol–water partition coefficient (Wildman–Crippen LogP) is 6.51. The summed E-state index contributed by atoms with van der Waals surface area (Å²) in [5, 5.41) is 0. The Hall–Kier alpha value is -3.55. The van der Waals surface area contributed by atoms with E-state index in [1.165, 1.54) is 32.7 Å². The Labute approximate surface area is 252 Å². The van der Waals surface area contributed by atoms with E-state index < -0.39 is 36.2 Å². The first-order valence-corrected chi connectivity index (χ1v) is 23.4. The molecule has 0 spiro atoms. The van der Waals surface area contributed by atoms with Gasteiger partial charge in [-0.15, -0.1) is 11.1 Å². The van der Waals surface area contributed by atoms with Crippen LogP contribution >= 0.6 is 0 Å². The van der Waals surface area contributed by atoms with E-state index >= 15 is 0 Å². The zero-order chi connectivity index (χ0) is 31.1. The first-order valence-electron chi connectivity index (χ1n) is 13.5. The standard InChI is InChI=1S/C32H36N2O4S2Si2/c1-25-9-13-29(14-10-25)39(35,36)33-21-27(17-19-41(3,4)5)31(23-33)32-24-34(22-28(32)18-20-42(6,7)8)40(37,38)30-15-11-26(2)12-16-30/h9-16,21-24H,1-8H3. The molecule has 10 heteroatoms. The molecule has 218 valence electrons. The SMILES string of the molecule is Cc1ccc(S(=O)(=O)n2cc(C#C[Si](C)(C)C)c(-c3cn(S(=O)(=O)c4ccc(C)cc4)cc3C#C[Si](C)(C)C)c2)cc1. The van der Waals surface area contributed by atoms with Gasteiger partial charge in [0.1, 0.15) is 16.1 Å². The third-order valence-corrected chi connectivity index (χ3v) is 11.3. The number of benzene rings is 2. The molecule has 0 aliphatic carbocycles. The van der Waals surface area contributed by atoms with Crippen LogP contribution in [0.15, 0.2) is 83.1 Å². The first kappa shape index (κ1) is 31.4. The van der Waals surface area contributed by atoms with E-state index in [1.54, 1.807) is 48.5 Å². The zero-order valence-electron chi connectivity index (χ0n) is 25.3. The van der Waals surface area contributed by atoms with Gasteiger partial charge in [-0.3, -0.25) is 0 Å². The van der Waals surface area contributed by atoms with E-state index in [4.69, 9.17) is 0 Å². The van der Waals surface area contributed by atoms with Gasteiger partial charge in [-0.05, 0) is 38.1 Å². The third kappa shape index (κ3) is 7.08. The summed E-state index contributed by atoms with van der Waals surface area (Å²) in [6, 6.07) is 13.3. The van der Waals surface area contributed by atoms with Crippen molar-refractivity contribution < 1.29 is 16.8 Å². The molecule has 0 saturated carbocycles. The molecule has 0 aliphatic rings. The Morgan fingerprint density at radius 3 is 1.12 bits per heavy atom. The van der Waals surface area contributed by atoms with Crippen molar-refractivity contribution in [2.45, 2.75) is 62.9 Å². The minimum Gasteiger partial charge on any atom is -0.247 e. The van der Waals surface area contributed by atoms with Crippen molar-refractivity contribution in [3.8, 4) is 34.1 Å². The van der Waals surface area contributed by atoms with Gasteiger partial charge in [0.15, 0.2) is 0 Å². The first-order chi connectivity index (χ1) is 19.4. The molecule has 0 fully saturated rings. The van der Waals surface area contributed by atoms with Crippen LogP contribution in [-0.2, 0) is 20.0 Å². The van der Waals surface area contributed by atoms with Gasteiger partial charge in [-0.1, -0.05) is 86.5 Å². The number of nitrogens with zero attached hydrogens (tertiary/aromatic N) is 2.